The fraction of sp³-hybridized carbons (Fsp3) is 0.538. The Kier molecular flexibility index (Phi) is 6.78. The highest BCUT2D eigenvalue weighted by Gasteiger charge is 2.20. The van der Waals surface area contributed by atoms with Crippen molar-refractivity contribution in [2.45, 2.75) is 38.8 Å². The zero-order valence-electron chi connectivity index (χ0n) is 10.7. The Bertz CT molecular complexity index is 376. The van der Waals surface area contributed by atoms with Crippen molar-refractivity contribution < 1.29 is 9.13 Å². The molecule has 1 aromatic rings. The van der Waals surface area contributed by atoms with Gasteiger partial charge in [-0.2, -0.15) is 0 Å². The molecule has 0 aliphatic carbocycles. The summed E-state index contributed by atoms with van der Waals surface area (Å²) in [6.07, 6.45) is 1.62. The molecule has 0 saturated carbocycles. The number of benzene rings is 1. The lowest BCUT2D eigenvalue weighted by atomic mass is 10.00. The van der Waals surface area contributed by atoms with Crippen LogP contribution in [0, 0.1) is 5.82 Å². The smallest absolute Gasteiger partial charge is 0.124 e. The first kappa shape index (κ1) is 15.6. The third-order valence-corrected chi connectivity index (χ3v) is 3.64. The van der Waals surface area contributed by atoms with E-state index >= 15 is 0 Å². The second-order valence-electron chi connectivity index (χ2n) is 4.12. The van der Waals surface area contributed by atoms with E-state index in [0.29, 0.717) is 13.0 Å². The Hall–Kier alpha value is -0.490. The van der Waals surface area contributed by atoms with Crippen LogP contribution >= 0.6 is 15.9 Å². The zero-order valence-corrected chi connectivity index (χ0v) is 12.3. The molecule has 2 atom stereocenters. The van der Waals surface area contributed by atoms with E-state index < -0.39 is 0 Å². The van der Waals surface area contributed by atoms with E-state index in [1.807, 2.05) is 6.92 Å². The second-order valence-corrected chi connectivity index (χ2v) is 4.97. The third-order valence-electron chi connectivity index (χ3n) is 2.90. The van der Waals surface area contributed by atoms with Gasteiger partial charge in [0.2, 0.25) is 0 Å². The van der Waals surface area contributed by atoms with E-state index in [4.69, 9.17) is 10.6 Å². The van der Waals surface area contributed by atoms with Crippen molar-refractivity contribution in [3.05, 3.63) is 34.1 Å². The molecule has 0 bridgehead atoms. The predicted octanol–water partition coefficient (Wildman–Crippen LogP) is 2.78. The van der Waals surface area contributed by atoms with Gasteiger partial charge in [-0.25, -0.2) is 4.39 Å². The normalized spacial score (nSPS) is 14.5. The maximum Gasteiger partial charge on any atom is 0.124 e. The number of nitrogens with one attached hydrogen (secondary N) is 1. The highest BCUT2D eigenvalue weighted by atomic mass is 79.9. The van der Waals surface area contributed by atoms with Gasteiger partial charge < -0.3 is 4.74 Å². The molecule has 1 rings (SSSR count). The fourth-order valence-corrected chi connectivity index (χ4v) is 2.47. The van der Waals surface area contributed by atoms with E-state index in [2.05, 4.69) is 28.3 Å². The SMILES string of the molecule is CCOC(CC)C(Cc1ccc(F)cc1Br)NN. The highest BCUT2D eigenvalue weighted by Crippen LogP contribution is 2.21. The van der Waals surface area contributed by atoms with Gasteiger partial charge in [-0.1, -0.05) is 28.9 Å². The molecule has 3 N–H and O–H groups in total. The molecule has 0 fully saturated rings. The molecule has 1 aromatic carbocycles. The number of hydrogen-bond donors (Lipinski definition) is 2. The van der Waals surface area contributed by atoms with E-state index in [9.17, 15) is 4.39 Å². The molecular formula is C13H20BrFN2O. The number of hydrogen-bond acceptors (Lipinski definition) is 3. The number of ether oxygens (including phenoxy) is 1. The van der Waals surface area contributed by atoms with Gasteiger partial charge in [0.1, 0.15) is 5.82 Å². The topological polar surface area (TPSA) is 47.3 Å². The molecule has 0 radical (unpaired) electrons. The second kappa shape index (κ2) is 7.84. The van der Waals surface area contributed by atoms with Crippen LogP contribution in [0.4, 0.5) is 4.39 Å². The largest absolute Gasteiger partial charge is 0.377 e. The molecule has 0 spiro atoms. The molecule has 3 nitrogen and oxygen atoms in total. The van der Waals surface area contributed by atoms with Crippen LogP contribution in [0.25, 0.3) is 0 Å². The number of hydrazine groups is 1. The van der Waals surface area contributed by atoms with Gasteiger partial charge in [0, 0.05) is 11.1 Å². The van der Waals surface area contributed by atoms with Crippen molar-refractivity contribution in [3.63, 3.8) is 0 Å². The van der Waals surface area contributed by atoms with Crippen LogP contribution in [0.5, 0.6) is 0 Å². The summed E-state index contributed by atoms with van der Waals surface area (Å²) in [5.74, 6) is 5.34. The van der Waals surface area contributed by atoms with Crippen molar-refractivity contribution in [2.24, 2.45) is 5.84 Å². The van der Waals surface area contributed by atoms with Gasteiger partial charge in [0.25, 0.3) is 0 Å². The lowest BCUT2D eigenvalue weighted by Crippen LogP contribution is -2.46. The minimum atomic E-state index is -0.250. The average molecular weight is 319 g/mol. The molecule has 18 heavy (non-hydrogen) atoms. The van der Waals surface area contributed by atoms with E-state index in [-0.39, 0.29) is 18.0 Å². The fourth-order valence-electron chi connectivity index (χ4n) is 1.95. The summed E-state index contributed by atoms with van der Waals surface area (Å²) in [6, 6.07) is 4.69. The van der Waals surface area contributed by atoms with Gasteiger partial charge >= 0.3 is 0 Å². The first-order valence-electron chi connectivity index (χ1n) is 6.14. The van der Waals surface area contributed by atoms with Crippen molar-refractivity contribution in [1.82, 2.24) is 5.43 Å². The van der Waals surface area contributed by atoms with Gasteiger partial charge in [0.15, 0.2) is 0 Å². The van der Waals surface area contributed by atoms with E-state index in [0.717, 1.165) is 16.5 Å². The van der Waals surface area contributed by atoms with Crippen LogP contribution < -0.4 is 11.3 Å². The lowest BCUT2D eigenvalue weighted by molar-refractivity contribution is 0.0319. The molecule has 102 valence electrons. The molecule has 0 saturated heterocycles. The van der Waals surface area contributed by atoms with Crippen LogP contribution in [-0.2, 0) is 11.2 Å². The van der Waals surface area contributed by atoms with E-state index in [1.165, 1.54) is 12.1 Å². The Morgan fingerprint density at radius 3 is 2.67 bits per heavy atom. The Balaban J connectivity index is 2.78. The monoisotopic (exact) mass is 318 g/mol. The highest BCUT2D eigenvalue weighted by molar-refractivity contribution is 9.10. The summed E-state index contributed by atoms with van der Waals surface area (Å²) >= 11 is 3.37. The maximum absolute atomic E-state index is 13.0. The van der Waals surface area contributed by atoms with Gasteiger partial charge in [0.05, 0.1) is 12.1 Å². The Labute approximate surface area is 116 Å². The lowest BCUT2D eigenvalue weighted by Gasteiger charge is -2.25. The maximum atomic E-state index is 13.0. The molecule has 5 heteroatoms. The number of rotatable bonds is 7. The molecule has 0 aromatic heterocycles. The van der Waals surface area contributed by atoms with Crippen LogP contribution in [0.2, 0.25) is 0 Å². The first-order chi connectivity index (χ1) is 8.62. The molecule has 0 heterocycles. The van der Waals surface area contributed by atoms with Crippen molar-refractivity contribution in [3.8, 4) is 0 Å². The molecule has 0 amide bonds. The Morgan fingerprint density at radius 1 is 1.44 bits per heavy atom. The summed E-state index contributed by atoms with van der Waals surface area (Å²) in [7, 11) is 0. The molecule has 2 unspecified atom stereocenters. The summed E-state index contributed by atoms with van der Waals surface area (Å²) in [4.78, 5) is 0. The van der Waals surface area contributed by atoms with E-state index in [1.54, 1.807) is 6.07 Å². The summed E-state index contributed by atoms with van der Waals surface area (Å²) in [5, 5.41) is 0. The van der Waals surface area contributed by atoms with Crippen molar-refractivity contribution >= 4 is 15.9 Å². The average Bonchev–Trinajstić information content (AvgIpc) is 2.36. The third kappa shape index (κ3) is 4.31. The predicted molar refractivity (Wildman–Crippen MR) is 74.6 cm³/mol. The van der Waals surface area contributed by atoms with Gasteiger partial charge in [-0.15, -0.1) is 0 Å². The summed E-state index contributed by atoms with van der Waals surface area (Å²) in [6.45, 7) is 4.68. The van der Waals surface area contributed by atoms with Gasteiger partial charge in [-0.05, 0) is 37.5 Å². The minimum absolute atomic E-state index is 0.0108. The van der Waals surface area contributed by atoms with Crippen LogP contribution in [0.15, 0.2) is 22.7 Å². The summed E-state index contributed by atoms with van der Waals surface area (Å²) < 4.78 is 19.4. The summed E-state index contributed by atoms with van der Waals surface area (Å²) in [5.41, 5.74) is 3.80. The quantitative estimate of drug-likeness (QED) is 0.600. The van der Waals surface area contributed by atoms with Crippen LogP contribution in [0.1, 0.15) is 25.8 Å². The number of halogens is 2. The Morgan fingerprint density at radius 2 is 2.17 bits per heavy atom. The minimum Gasteiger partial charge on any atom is -0.377 e. The van der Waals surface area contributed by atoms with Crippen molar-refractivity contribution in [1.29, 1.82) is 0 Å². The van der Waals surface area contributed by atoms with Crippen LogP contribution in [-0.4, -0.2) is 18.8 Å². The standard InChI is InChI=1S/C13H20BrFN2O/c1-3-13(18-4-2)12(17-16)7-9-5-6-10(15)8-11(9)14/h5-6,8,12-13,17H,3-4,7,16H2,1-2H3. The molecule has 0 aliphatic rings. The molecular weight excluding hydrogens is 299 g/mol. The zero-order chi connectivity index (χ0) is 13.5. The first-order valence-corrected chi connectivity index (χ1v) is 6.93. The number of nitrogens with two attached hydrogens (primary N) is 1. The van der Waals surface area contributed by atoms with Crippen molar-refractivity contribution in [2.75, 3.05) is 6.61 Å². The van der Waals surface area contributed by atoms with Gasteiger partial charge in [-0.3, -0.25) is 11.3 Å². The van der Waals surface area contributed by atoms with Crippen LogP contribution in [0.3, 0.4) is 0 Å². The molecule has 0 aliphatic heterocycles.